The highest BCUT2D eigenvalue weighted by molar-refractivity contribution is 6.11. The fourth-order valence-electron chi connectivity index (χ4n) is 4.29. The first kappa shape index (κ1) is 23.9. The van der Waals surface area contributed by atoms with Crippen LogP contribution in [0, 0.1) is 0 Å². The van der Waals surface area contributed by atoms with Crippen molar-refractivity contribution in [2.24, 2.45) is 0 Å². The van der Waals surface area contributed by atoms with E-state index in [1.807, 2.05) is 72.8 Å². The summed E-state index contributed by atoms with van der Waals surface area (Å²) >= 11 is 0. The quantitative estimate of drug-likeness (QED) is 0.372. The Labute approximate surface area is 204 Å². The monoisotopic (exact) mass is 469 g/mol. The Bertz CT molecular complexity index is 1230. The molecule has 1 saturated heterocycles. The number of carbonyl (C=O) groups is 4. The van der Waals surface area contributed by atoms with E-state index in [2.05, 4.69) is 10.6 Å². The summed E-state index contributed by atoms with van der Waals surface area (Å²) < 4.78 is 0. The second kappa shape index (κ2) is 10.3. The number of nitrogens with zero attached hydrogens (tertiary/aromatic N) is 1. The first-order valence-corrected chi connectivity index (χ1v) is 11.5. The number of hydrogen-bond donors (Lipinski definition) is 2. The molecule has 35 heavy (non-hydrogen) atoms. The standard InChI is InChI=1S/C28H27N3O4/c1-20(32)29-17-16-21-12-14-23(15-13-21)25(33)19-31-26(34)28(30-27(31)35,24-10-6-3-7-11-24)18-22-8-4-2-5-9-22/h2-15H,16-19H2,1H3,(H,29,32)(H,30,35)/t28-/m1/s1. The van der Waals surface area contributed by atoms with Gasteiger partial charge in [0.1, 0.15) is 0 Å². The average molecular weight is 470 g/mol. The number of carbonyl (C=O) groups excluding carboxylic acids is 4. The number of nitrogens with one attached hydrogen (secondary N) is 2. The lowest BCUT2D eigenvalue weighted by molar-refractivity contribution is -0.131. The molecule has 4 amide bonds. The largest absolute Gasteiger partial charge is 0.356 e. The third-order valence-corrected chi connectivity index (χ3v) is 6.12. The molecular formula is C28H27N3O4. The van der Waals surface area contributed by atoms with Gasteiger partial charge in [0.25, 0.3) is 5.91 Å². The second-order valence-electron chi connectivity index (χ2n) is 8.61. The van der Waals surface area contributed by atoms with Crippen molar-refractivity contribution < 1.29 is 19.2 Å². The van der Waals surface area contributed by atoms with E-state index < -0.39 is 17.5 Å². The van der Waals surface area contributed by atoms with Crippen molar-refractivity contribution in [1.82, 2.24) is 15.5 Å². The number of rotatable bonds is 9. The molecule has 1 aliphatic rings. The molecule has 0 unspecified atom stereocenters. The summed E-state index contributed by atoms with van der Waals surface area (Å²) in [5, 5.41) is 5.61. The van der Waals surface area contributed by atoms with Crippen LogP contribution in [0.2, 0.25) is 0 Å². The molecule has 7 nitrogen and oxygen atoms in total. The van der Waals surface area contributed by atoms with Crippen molar-refractivity contribution >= 4 is 23.6 Å². The predicted molar refractivity (Wildman–Crippen MR) is 132 cm³/mol. The topological polar surface area (TPSA) is 95.6 Å². The Hall–Kier alpha value is -4.26. The normalized spacial score (nSPS) is 17.2. The van der Waals surface area contributed by atoms with Gasteiger partial charge >= 0.3 is 6.03 Å². The molecule has 178 valence electrons. The molecule has 2 N–H and O–H groups in total. The van der Waals surface area contributed by atoms with Crippen LogP contribution in [0.4, 0.5) is 4.79 Å². The van der Waals surface area contributed by atoms with Crippen molar-refractivity contribution in [3.8, 4) is 0 Å². The highest BCUT2D eigenvalue weighted by Crippen LogP contribution is 2.33. The number of Topliss-reactive ketones (excluding diaryl/α,β-unsaturated/α-hetero) is 1. The summed E-state index contributed by atoms with van der Waals surface area (Å²) in [5.41, 5.74) is 1.66. The number of ketones is 1. The average Bonchev–Trinajstić information content (AvgIpc) is 3.10. The molecular weight excluding hydrogens is 442 g/mol. The third-order valence-electron chi connectivity index (χ3n) is 6.12. The predicted octanol–water partition coefficient (Wildman–Crippen LogP) is 3.24. The molecule has 1 aliphatic heterocycles. The van der Waals surface area contributed by atoms with E-state index in [1.54, 1.807) is 12.1 Å². The Kier molecular flexibility index (Phi) is 7.06. The maximum absolute atomic E-state index is 13.7. The lowest BCUT2D eigenvalue weighted by atomic mass is 9.83. The summed E-state index contributed by atoms with van der Waals surface area (Å²) in [5.74, 6) is -0.868. The number of amides is 4. The third kappa shape index (κ3) is 5.30. The lowest BCUT2D eigenvalue weighted by Crippen LogP contribution is -2.46. The molecule has 1 heterocycles. The van der Waals surface area contributed by atoms with Crippen LogP contribution < -0.4 is 10.6 Å². The van der Waals surface area contributed by atoms with Gasteiger partial charge < -0.3 is 10.6 Å². The van der Waals surface area contributed by atoms with Gasteiger partial charge in [-0.2, -0.15) is 0 Å². The van der Waals surface area contributed by atoms with Crippen LogP contribution in [0.3, 0.4) is 0 Å². The number of benzene rings is 3. The molecule has 7 heteroatoms. The summed E-state index contributed by atoms with van der Waals surface area (Å²) in [6, 6.07) is 25.0. The van der Waals surface area contributed by atoms with E-state index in [9.17, 15) is 19.2 Å². The fourth-order valence-corrected chi connectivity index (χ4v) is 4.29. The van der Waals surface area contributed by atoms with Gasteiger partial charge in [0, 0.05) is 25.5 Å². The number of hydrogen-bond acceptors (Lipinski definition) is 4. The van der Waals surface area contributed by atoms with E-state index >= 15 is 0 Å². The minimum absolute atomic E-state index is 0.0933. The van der Waals surface area contributed by atoms with Gasteiger partial charge in [-0.25, -0.2) is 4.79 Å². The second-order valence-corrected chi connectivity index (χ2v) is 8.61. The van der Waals surface area contributed by atoms with E-state index in [0.717, 1.165) is 16.0 Å². The zero-order valence-corrected chi connectivity index (χ0v) is 19.5. The Morgan fingerprint density at radius 3 is 2.11 bits per heavy atom. The molecule has 0 spiro atoms. The highest BCUT2D eigenvalue weighted by Gasteiger charge is 2.52. The maximum atomic E-state index is 13.7. The molecule has 0 bridgehead atoms. The van der Waals surface area contributed by atoms with E-state index in [-0.39, 0.29) is 24.7 Å². The zero-order chi connectivity index (χ0) is 24.8. The van der Waals surface area contributed by atoms with E-state index in [4.69, 9.17) is 0 Å². The summed E-state index contributed by atoms with van der Waals surface area (Å²) in [7, 11) is 0. The van der Waals surface area contributed by atoms with Crippen LogP contribution in [-0.2, 0) is 28.0 Å². The minimum atomic E-state index is -1.28. The maximum Gasteiger partial charge on any atom is 0.325 e. The van der Waals surface area contributed by atoms with Crippen molar-refractivity contribution in [1.29, 1.82) is 0 Å². The Morgan fingerprint density at radius 2 is 1.49 bits per heavy atom. The van der Waals surface area contributed by atoms with Crippen molar-refractivity contribution in [2.45, 2.75) is 25.3 Å². The summed E-state index contributed by atoms with van der Waals surface area (Å²) in [4.78, 5) is 51.7. The van der Waals surface area contributed by atoms with Crippen molar-refractivity contribution in [3.05, 3.63) is 107 Å². The SMILES string of the molecule is CC(=O)NCCc1ccc(C(=O)CN2C(=O)N[C@](Cc3ccccc3)(c3ccccc3)C2=O)cc1. The zero-order valence-electron chi connectivity index (χ0n) is 19.5. The van der Waals surface area contributed by atoms with Gasteiger partial charge in [-0.15, -0.1) is 0 Å². The Balaban J connectivity index is 1.52. The van der Waals surface area contributed by atoms with Crippen LogP contribution in [-0.4, -0.2) is 41.6 Å². The van der Waals surface area contributed by atoms with Gasteiger partial charge in [0.15, 0.2) is 11.3 Å². The molecule has 4 rings (SSSR count). The smallest absolute Gasteiger partial charge is 0.325 e. The Morgan fingerprint density at radius 1 is 0.857 bits per heavy atom. The minimum Gasteiger partial charge on any atom is -0.356 e. The molecule has 0 aromatic heterocycles. The molecule has 0 aliphatic carbocycles. The van der Waals surface area contributed by atoms with Crippen LogP contribution >= 0.6 is 0 Å². The van der Waals surface area contributed by atoms with Gasteiger partial charge in [-0.05, 0) is 23.1 Å². The van der Waals surface area contributed by atoms with Crippen LogP contribution in [0.25, 0.3) is 0 Å². The molecule has 0 radical (unpaired) electrons. The van der Waals surface area contributed by atoms with E-state index in [0.29, 0.717) is 24.1 Å². The summed E-state index contributed by atoms with van der Waals surface area (Å²) in [6.45, 7) is 1.62. The van der Waals surface area contributed by atoms with Gasteiger partial charge in [-0.3, -0.25) is 19.3 Å². The molecule has 1 atom stereocenters. The first-order valence-electron chi connectivity index (χ1n) is 11.5. The molecule has 0 saturated carbocycles. The first-order chi connectivity index (χ1) is 16.9. The molecule has 3 aromatic rings. The lowest BCUT2D eigenvalue weighted by Gasteiger charge is -2.27. The molecule has 1 fully saturated rings. The molecule has 3 aromatic carbocycles. The van der Waals surface area contributed by atoms with Crippen LogP contribution in [0.5, 0.6) is 0 Å². The number of urea groups is 1. The van der Waals surface area contributed by atoms with E-state index in [1.165, 1.54) is 6.92 Å². The van der Waals surface area contributed by atoms with Gasteiger partial charge in [0.2, 0.25) is 5.91 Å². The van der Waals surface area contributed by atoms with Crippen molar-refractivity contribution in [3.63, 3.8) is 0 Å². The van der Waals surface area contributed by atoms with Crippen molar-refractivity contribution in [2.75, 3.05) is 13.1 Å². The summed E-state index contributed by atoms with van der Waals surface area (Å²) in [6.07, 6.45) is 0.913. The number of imide groups is 1. The van der Waals surface area contributed by atoms with Gasteiger partial charge in [-0.1, -0.05) is 84.9 Å². The van der Waals surface area contributed by atoms with Crippen LogP contribution in [0.1, 0.15) is 34.0 Å². The fraction of sp³-hybridized carbons (Fsp3) is 0.214. The van der Waals surface area contributed by atoms with Gasteiger partial charge in [0.05, 0.1) is 6.54 Å². The van der Waals surface area contributed by atoms with Crippen LogP contribution in [0.15, 0.2) is 84.9 Å². The highest BCUT2D eigenvalue weighted by atomic mass is 16.2.